The number of hydrogen-bond donors (Lipinski definition) is 4. The number of aromatic amines is 4. The van der Waals surface area contributed by atoms with Crippen LogP contribution in [0.15, 0.2) is 200 Å². The summed E-state index contributed by atoms with van der Waals surface area (Å²) < 4.78 is 2.55. The van der Waals surface area contributed by atoms with Gasteiger partial charge in [-0.3, -0.25) is 0 Å². The van der Waals surface area contributed by atoms with Crippen molar-refractivity contribution in [1.82, 2.24) is 44.4 Å². The molecule has 16 bridgehead atoms. The van der Waals surface area contributed by atoms with Crippen LogP contribution < -0.4 is 0 Å². The van der Waals surface area contributed by atoms with Crippen LogP contribution in [0.3, 0.4) is 0 Å². The molecular formula is C135H155N9. The van der Waals surface area contributed by atoms with Crippen LogP contribution in [-0.2, 0) is 71.5 Å². The molecule has 144 heavy (non-hydrogen) atoms. The number of fused-ring (bicyclic) bond motifs is 16. The fourth-order valence-electron chi connectivity index (χ4n) is 20.4. The van der Waals surface area contributed by atoms with E-state index in [1.165, 1.54) is 66.8 Å². The number of rotatable bonds is 10. The van der Waals surface area contributed by atoms with Crippen molar-refractivity contribution in [2.75, 3.05) is 0 Å². The van der Waals surface area contributed by atoms with Gasteiger partial charge in [-0.25, -0.2) is 19.9 Å². The molecule has 0 saturated carbocycles. The van der Waals surface area contributed by atoms with Gasteiger partial charge in [-0.2, -0.15) is 0 Å². The third kappa shape index (κ3) is 20.1. The molecule has 14 aromatic rings. The summed E-state index contributed by atoms with van der Waals surface area (Å²) in [5.74, 6) is 0. The Kier molecular flexibility index (Phi) is 24.9. The van der Waals surface area contributed by atoms with Crippen LogP contribution in [0, 0.1) is 0 Å². The predicted octanol–water partition coefficient (Wildman–Crippen LogP) is 37.4. The molecule has 7 aromatic carbocycles. The highest BCUT2D eigenvalue weighted by molar-refractivity contribution is 6.04. The van der Waals surface area contributed by atoms with E-state index in [9.17, 15) is 0 Å². The van der Waals surface area contributed by atoms with Gasteiger partial charge in [-0.15, -0.1) is 0 Å². The molecule has 0 fully saturated rings. The van der Waals surface area contributed by atoms with Crippen molar-refractivity contribution in [2.45, 2.75) is 321 Å². The third-order valence-corrected chi connectivity index (χ3v) is 29.9. The maximum absolute atomic E-state index is 6.25. The first-order chi connectivity index (χ1) is 66.8. The average Bonchev–Trinajstić information content (AvgIpc) is 1.59. The summed E-state index contributed by atoms with van der Waals surface area (Å²) in [6, 6.07) is 77.9. The Morgan fingerprint density at radius 3 is 0.472 bits per heavy atom. The van der Waals surface area contributed by atoms with E-state index in [0.717, 1.165) is 185 Å². The van der Waals surface area contributed by atoms with Crippen molar-refractivity contribution in [3.8, 4) is 89.3 Å². The van der Waals surface area contributed by atoms with Crippen molar-refractivity contribution < 1.29 is 0 Å². The standard InChI is InChI=1S/C135H155N9/c1-124(2,3)86-60-80(61-87(72-86)125(4,5)6)116-98-42-46-102(136-98)118(82-64-90(128(13,14)15)74-91(65-82)129(16,17)18)106-50-54-110(140-106)122(111-55-51-107(141-111)119(103-47-43-99(116)137-103)83-66-92(130(19,20)21)75-93(67-83)131(22,23)24)114-58-59-115(144(114)78-79-40-38-37-39-41-79)123-112-56-52-108(142-112)120(84-68-94(132(25,26)27)76-95(69-84)133(28,29)30)104-48-44-100(138-104)117(81-62-88(126(7,8)9)73-89(63-81)127(10,11)12)101-45-49-105(139-101)121(109-53-57-113(123)143-109)85-70-96(134(31,32)33)77-97(71-85)135(34,35)36/h37-77,136,138,141,143H,78H2,1-36H3. The number of aromatic nitrogens is 9. The summed E-state index contributed by atoms with van der Waals surface area (Å²) in [7, 11) is 0. The van der Waals surface area contributed by atoms with Gasteiger partial charge in [0.05, 0.1) is 68.0 Å². The fourth-order valence-corrected chi connectivity index (χ4v) is 20.4. The van der Waals surface area contributed by atoms with Crippen LogP contribution >= 0.6 is 0 Å². The fraction of sp³-hybridized carbons (Fsp3) is 0.363. The summed E-state index contributed by atoms with van der Waals surface area (Å²) in [4.78, 5) is 41.8. The second kappa shape index (κ2) is 35.5. The minimum absolute atomic E-state index is 0.171. The van der Waals surface area contributed by atoms with E-state index in [2.05, 4.69) is 523 Å². The molecule has 4 aliphatic rings. The lowest BCUT2D eigenvalue weighted by Crippen LogP contribution is -2.16. The molecule has 0 atom stereocenters. The Balaban J connectivity index is 1.03. The van der Waals surface area contributed by atoms with Gasteiger partial charge >= 0.3 is 0 Å². The van der Waals surface area contributed by atoms with E-state index < -0.39 is 0 Å². The SMILES string of the molecule is CC(C)(C)c1cc(-c2c3nc(c(-c4cc(C(C)(C)C)cc(C(C)(C)C)c4)c4ccc([nH]4)c(-c4ccc(-c5c6nc(c(-c7cc(C(C)(C)C)cc(C(C)(C)C)c7)c7ccc([nH]7)c(-c7cc(C(C)(C)C)cc(C(C)(C)C)c7)c7nc(c(-c8cc(C(C)(C)C)cc(C(C)(C)C)c8)c8ccc5[nH]8)C=C7)C=C6)n4Cc4ccccc4)c4nc(c(-c5cc(C(C)(C)C)cc(C(C)(C)C)c5)c5ccc2[nH]5)C=C4)C=C3)cc(C(C)(C)C)c1. The summed E-state index contributed by atoms with van der Waals surface area (Å²) in [6.07, 6.45) is 18.2. The molecule has 0 saturated heterocycles. The molecule has 9 heteroatoms. The van der Waals surface area contributed by atoms with E-state index in [0.29, 0.717) is 6.54 Å². The third-order valence-electron chi connectivity index (χ3n) is 29.9. The summed E-state index contributed by atoms with van der Waals surface area (Å²) in [5.41, 5.74) is 44.4. The molecule has 740 valence electrons. The quantitative estimate of drug-likeness (QED) is 0.109. The van der Waals surface area contributed by atoms with Gasteiger partial charge < -0.3 is 24.5 Å². The van der Waals surface area contributed by atoms with Crippen LogP contribution in [0.4, 0.5) is 0 Å². The molecular weight excluding hydrogens is 1750 g/mol. The Bertz CT molecular complexity index is 7230. The van der Waals surface area contributed by atoms with Gasteiger partial charge in [-0.1, -0.05) is 389 Å². The minimum atomic E-state index is -0.205. The van der Waals surface area contributed by atoms with E-state index in [-0.39, 0.29) is 65.0 Å². The molecule has 0 amide bonds. The molecule has 4 N–H and O–H groups in total. The van der Waals surface area contributed by atoms with Crippen LogP contribution in [0.5, 0.6) is 0 Å². The van der Waals surface area contributed by atoms with Crippen molar-refractivity contribution in [1.29, 1.82) is 0 Å². The molecule has 18 rings (SSSR count). The zero-order valence-electron chi connectivity index (χ0n) is 93.1. The van der Waals surface area contributed by atoms with E-state index in [1.807, 2.05) is 0 Å². The molecule has 0 aliphatic carbocycles. The van der Waals surface area contributed by atoms with Crippen LogP contribution in [0.25, 0.3) is 182 Å². The first-order valence-electron chi connectivity index (χ1n) is 52.4. The Hall–Kier alpha value is -13.0. The largest absolute Gasteiger partial charge is 0.354 e. The van der Waals surface area contributed by atoms with Crippen LogP contribution in [0.2, 0.25) is 0 Å². The van der Waals surface area contributed by atoms with Gasteiger partial charge in [0.25, 0.3) is 0 Å². The molecule has 0 spiro atoms. The summed E-state index contributed by atoms with van der Waals surface area (Å²) >= 11 is 0. The highest BCUT2D eigenvalue weighted by Crippen LogP contribution is 2.51. The lowest BCUT2D eigenvalue weighted by atomic mass is 9.78. The normalized spacial score (nSPS) is 13.8. The highest BCUT2D eigenvalue weighted by atomic mass is 15.0. The topological polar surface area (TPSA) is 120 Å². The number of nitrogens with one attached hydrogen (secondary N) is 4. The van der Waals surface area contributed by atoms with Gasteiger partial charge in [0.15, 0.2) is 0 Å². The summed E-state index contributed by atoms with van der Waals surface area (Å²) in [5, 5.41) is 0. The molecule has 9 nitrogen and oxygen atoms in total. The lowest BCUT2D eigenvalue weighted by molar-refractivity contribution is 0.568. The van der Waals surface area contributed by atoms with Crippen LogP contribution in [0.1, 0.15) is 367 Å². The highest BCUT2D eigenvalue weighted by Gasteiger charge is 2.35. The number of hydrogen-bond acceptors (Lipinski definition) is 4. The first-order valence-corrected chi connectivity index (χ1v) is 52.4. The first kappa shape index (κ1) is 101. The molecule has 0 radical (unpaired) electrons. The maximum atomic E-state index is 6.25. The zero-order chi connectivity index (χ0) is 104. The number of nitrogens with zero attached hydrogens (tertiary/aromatic N) is 5. The van der Waals surface area contributed by atoms with Crippen molar-refractivity contribution in [3.63, 3.8) is 0 Å². The molecule has 7 aromatic heterocycles. The molecule has 11 heterocycles. The van der Waals surface area contributed by atoms with Gasteiger partial charge in [0, 0.05) is 84.2 Å². The second-order valence-corrected chi connectivity index (χ2v) is 54.0. The summed E-state index contributed by atoms with van der Waals surface area (Å²) in [6.45, 7) is 84.6. The smallest absolute Gasteiger partial charge is 0.0752 e. The maximum Gasteiger partial charge on any atom is 0.0752 e. The number of H-pyrrole nitrogens is 4. The Labute approximate surface area is 859 Å². The molecule has 0 unspecified atom stereocenters. The monoisotopic (exact) mass is 1900 g/mol. The van der Waals surface area contributed by atoms with Crippen LogP contribution in [-0.4, -0.2) is 44.4 Å². The van der Waals surface area contributed by atoms with E-state index in [1.54, 1.807) is 0 Å². The Morgan fingerprint density at radius 1 is 0.174 bits per heavy atom. The van der Waals surface area contributed by atoms with Crippen molar-refractivity contribution >= 4 is 92.7 Å². The average molecular weight is 1900 g/mol. The second-order valence-electron chi connectivity index (χ2n) is 54.0. The Morgan fingerprint density at radius 2 is 0.319 bits per heavy atom. The van der Waals surface area contributed by atoms with Crippen molar-refractivity contribution in [3.05, 3.63) is 318 Å². The van der Waals surface area contributed by atoms with E-state index in [4.69, 9.17) is 19.9 Å². The van der Waals surface area contributed by atoms with Crippen molar-refractivity contribution in [2.24, 2.45) is 0 Å². The zero-order valence-corrected chi connectivity index (χ0v) is 93.1. The van der Waals surface area contributed by atoms with Gasteiger partial charge in [-0.05, 0) is 280 Å². The number of benzene rings is 7. The predicted molar refractivity (Wildman–Crippen MR) is 623 cm³/mol. The van der Waals surface area contributed by atoms with Gasteiger partial charge in [0.1, 0.15) is 0 Å². The minimum Gasteiger partial charge on any atom is -0.354 e. The molecule has 4 aliphatic heterocycles. The lowest BCUT2D eigenvalue weighted by Gasteiger charge is -2.26. The van der Waals surface area contributed by atoms with Gasteiger partial charge in [0.2, 0.25) is 0 Å². The van der Waals surface area contributed by atoms with E-state index >= 15 is 0 Å².